The van der Waals surface area contributed by atoms with Gasteiger partial charge in [0.15, 0.2) is 11.5 Å². The van der Waals surface area contributed by atoms with Gasteiger partial charge >= 0.3 is 0 Å². The topological polar surface area (TPSA) is 77.0 Å². The number of hydrogen-bond donors (Lipinski definition) is 2. The zero-order chi connectivity index (χ0) is 16.2. The van der Waals surface area contributed by atoms with Gasteiger partial charge in [0.05, 0.1) is 18.2 Å². The van der Waals surface area contributed by atoms with Crippen LogP contribution in [0.15, 0.2) is 18.2 Å². The van der Waals surface area contributed by atoms with Gasteiger partial charge in [-0.25, -0.2) is 0 Å². The molecular formula is C17H23NO5. The Morgan fingerprint density at radius 2 is 2.22 bits per heavy atom. The van der Waals surface area contributed by atoms with Crippen LogP contribution in [0.5, 0.6) is 11.5 Å². The standard InChI is InChI=1S/C17H23NO5/c1-11(18-16(19)7-5-13-3-2-8-21-13)17(20)12-4-6-14-15(9-12)23-10-22-14/h4,6,9,11,13,17,20H,2-3,5,7-8,10H2,1H3,(H,18,19)/t11-,13?,17-/m0/s1. The van der Waals surface area contributed by atoms with Gasteiger partial charge in [-0.05, 0) is 43.9 Å². The van der Waals surface area contributed by atoms with E-state index < -0.39 is 6.10 Å². The second-order valence-electron chi connectivity index (χ2n) is 6.09. The van der Waals surface area contributed by atoms with Gasteiger partial charge in [-0.2, -0.15) is 0 Å². The fourth-order valence-electron chi connectivity index (χ4n) is 2.95. The molecule has 0 aromatic heterocycles. The van der Waals surface area contributed by atoms with Gasteiger partial charge in [-0.1, -0.05) is 6.07 Å². The highest BCUT2D eigenvalue weighted by Crippen LogP contribution is 2.34. The first kappa shape index (κ1) is 16.1. The number of carbonyl (C=O) groups is 1. The first-order valence-electron chi connectivity index (χ1n) is 8.12. The average molecular weight is 321 g/mol. The molecule has 6 heteroatoms. The molecule has 2 aliphatic rings. The molecule has 2 N–H and O–H groups in total. The first-order valence-corrected chi connectivity index (χ1v) is 8.12. The average Bonchev–Trinajstić information content (AvgIpc) is 3.22. The third-order valence-electron chi connectivity index (χ3n) is 4.32. The van der Waals surface area contributed by atoms with Crippen molar-refractivity contribution in [3.63, 3.8) is 0 Å². The van der Waals surface area contributed by atoms with Crippen molar-refractivity contribution in [3.05, 3.63) is 23.8 Å². The molecular weight excluding hydrogens is 298 g/mol. The Hall–Kier alpha value is -1.79. The van der Waals surface area contributed by atoms with Crippen LogP contribution >= 0.6 is 0 Å². The van der Waals surface area contributed by atoms with Crippen LogP contribution in [0.1, 0.15) is 44.3 Å². The highest BCUT2D eigenvalue weighted by atomic mass is 16.7. The Kier molecular flexibility index (Phi) is 5.03. The quantitative estimate of drug-likeness (QED) is 0.837. The Labute approximate surface area is 135 Å². The van der Waals surface area contributed by atoms with Gasteiger partial charge in [-0.15, -0.1) is 0 Å². The summed E-state index contributed by atoms with van der Waals surface area (Å²) in [7, 11) is 0. The maximum absolute atomic E-state index is 12.0. The monoisotopic (exact) mass is 321 g/mol. The molecule has 0 aliphatic carbocycles. The fraction of sp³-hybridized carbons (Fsp3) is 0.588. The predicted molar refractivity (Wildman–Crippen MR) is 83.3 cm³/mol. The number of carbonyl (C=O) groups excluding carboxylic acids is 1. The summed E-state index contributed by atoms with van der Waals surface area (Å²) in [5.41, 5.74) is 0.696. The molecule has 1 unspecified atom stereocenters. The normalized spacial score (nSPS) is 21.9. The molecule has 1 saturated heterocycles. The largest absolute Gasteiger partial charge is 0.454 e. The van der Waals surface area contributed by atoms with Gasteiger partial charge in [0, 0.05) is 13.0 Å². The molecule has 3 rings (SSSR count). The number of nitrogens with one attached hydrogen (secondary N) is 1. The summed E-state index contributed by atoms with van der Waals surface area (Å²) in [6, 6.07) is 4.93. The summed E-state index contributed by atoms with van der Waals surface area (Å²) in [6.07, 6.45) is 2.67. The summed E-state index contributed by atoms with van der Waals surface area (Å²) >= 11 is 0. The van der Waals surface area contributed by atoms with E-state index in [4.69, 9.17) is 14.2 Å². The van der Waals surface area contributed by atoms with E-state index in [-0.39, 0.29) is 24.8 Å². The lowest BCUT2D eigenvalue weighted by Gasteiger charge is -2.21. The van der Waals surface area contributed by atoms with Crippen molar-refractivity contribution in [2.45, 2.75) is 50.9 Å². The molecule has 2 heterocycles. The minimum atomic E-state index is -0.795. The Bertz CT molecular complexity index is 556. The number of ether oxygens (including phenoxy) is 3. The van der Waals surface area contributed by atoms with Crippen molar-refractivity contribution in [3.8, 4) is 11.5 Å². The van der Waals surface area contributed by atoms with Gasteiger partial charge < -0.3 is 24.6 Å². The molecule has 1 aromatic carbocycles. The smallest absolute Gasteiger partial charge is 0.231 e. The molecule has 6 nitrogen and oxygen atoms in total. The molecule has 1 aromatic rings. The van der Waals surface area contributed by atoms with Gasteiger partial charge in [0.1, 0.15) is 0 Å². The SMILES string of the molecule is C[C@H](NC(=O)CCC1CCCO1)[C@H](O)c1ccc2c(c1)OCO2. The lowest BCUT2D eigenvalue weighted by Crippen LogP contribution is -2.37. The van der Waals surface area contributed by atoms with Crippen molar-refractivity contribution in [1.82, 2.24) is 5.32 Å². The van der Waals surface area contributed by atoms with Gasteiger partial charge in [-0.3, -0.25) is 4.79 Å². The van der Waals surface area contributed by atoms with Crippen LogP contribution in [-0.4, -0.2) is 36.6 Å². The molecule has 0 bridgehead atoms. The van der Waals surface area contributed by atoms with Crippen LogP contribution in [-0.2, 0) is 9.53 Å². The summed E-state index contributed by atoms with van der Waals surface area (Å²) in [4.78, 5) is 12.0. The van der Waals surface area contributed by atoms with Gasteiger partial charge in [0.25, 0.3) is 0 Å². The number of hydrogen-bond acceptors (Lipinski definition) is 5. The van der Waals surface area contributed by atoms with Crippen LogP contribution in [0.2, 0.25) is 0 Å². The third-order valence-corrected chi connectivity index (χ3v) is 4.32. The van der Waals surface area contributed by atoms with Crippen LogP contribution in [0.3, 0.4) is 0 Å². The summed E-state index contributed by atoms with van der Waals surface area (Å²) < 4.78 is 16.1. The Morgan fingerprint density at radius 1 is 1.39 bits per heavy atom. The van der Waals surface area contributed by atoms with Crippen LogP contribution in [0.4, 0.5) is 0 Å². The number of rotatable bonds is 6. The Morgan fingerprint density at radius 3 is 3.00 bits per heavy atom. The molecule has 0 spiro atoms. The minimum absolute atomic E-state index is 0.0622. The molecule has 1 fully saturated rings. The molecule has 0 radical (unpaired) electrons. The summed E-state index contributed by atoms with van der Waals surface area (Å²) in [5.74, 6) is 1.24. The zero-order valence-corrected chi connectivity index (χ0v) is 13.3. The fourth-order valence-corrected chi connectivity index (χ4v) is 2.95. The summed E-state index contributed by atoms with van der Waals surface area (Å²) in [5, 5.41) is 13.3. The Balaban J connectivity index is 1.50. The van der Waals surface area contributed by atoms with E-state index >= 15 is 0 Å². The van der Waals surface area contributed by atoms with E-state index in [0.29, 0.717) is 23.5 Å². The third kappa shape index (κ3) is 3.95. The van der Waals surface area contributed by atoms with E-state index in [9.17, 15) is 9.90 Å². The number of aliphatic hydroxyl groups excluding tert-OH is 1. The van der Waals surface area contributed by atoms with Crippen molar-refractivity contribution in [2.24, 2.45) is 0 Å². The lowest BCUT2D eigenvalue weighted by molar-refractivity contribution is -0.123. The van der Waals surface area contributed by atoms with Crippen molar-refractivity contribution < 1.29 is 24.1 Å². The van der Waals surface area contributed by atoms with Crippen LogP contribution in [0, 0.1) is 0 Å². The summed E-state index contributed by atoms with van der Waals surface area (Å²) in [6.45, 7) is 2.79. The highest BCUT2D eigenvalue weighted by molar-refractivity contribution is 5.76. The van der Waals surface area contributed by atoms with Crippen LogP contribution in [0.25, 0.3) is 0 Å². The number of benzene rings is 1. The van der Waals surface area contributed by atoms with Crippen molar-refractivity contribution >= 4 is 5.91 Å². The minimum Gasteiger partial charge on any atom is -0.454 e. The molecule has 1 amide bonds. The maximum Gasteiger partial charge on any atom is 0.231 e. The van der Waals surface area contributed by atoms with Crippen LogP contribution < -0.4 is 14.8 Å². The number of amides is 1. The molecule has 3 atom stereocenters. The molecule has 0 saturated carbocycles. The molecule has 23 heavy (non-hydrogen) atoms. The lowest BCUT2D eigenvalue weighted by atomic mass is 10.0. The van der Waals surface area contributed by atoms with Crippen molar-refractivity contribution in [1.29, 1.82) is 0 Å². The maximum atomic E-state index is 12.0. The van der Waals surface area contributed by atoms with E-state index in [1.54, 1.807) is 25.1 Å². The zero-order valence-electron chi connectivity index (χ0n) is 13.3. The van der Waals surface area contributed by atoms with E-state index in [2.05, 4.69) is 5.32 Å². The highest BCUT2D eigenvalue weighted by Gasteiger charge is 2.23. The first-order chi connectivity index (χ1) is 11.1. The molecule has 126 valence electrons. The van der Waals surface area contributed by atoms with E-state index in [1.807, 2.05) is 0 Å². The van der Waals surface area contributed by atoms with E-state index in [0.717, 1.165) is 25.9 Å². The van der Waals surface area contributed by atoms with E-state index in [1.165, 1.54) is 0 Å². The van der Waals surface area contributed by atoms with Crippen molar-refractivity contribution in [2.75, 3.05) is 13.4 Å². The second kappa shape index (κ2) is 7.19. The number of fused-ring (bicyclic) bond motifs is 1. The molecule has 2 aliphatic heterocycles. The predicted octanol–water partition coefficient (Wildman–Crippen LogP) is 1.91. The second-order valence-corrected chi connectivity index (χ2v) is 6.09. The van der Waals surface area contributed by atoms with Gasteiger partial charge in [0.2, 0.25) is 12.7 Å². The number of aliphatic hydroxyl groups is 1.